The van der Waals surface area contributed by atoms with E-state index in [0.717, 1.165) is 6.42 Å². The summed E-state index contributed by atoms with van der Waals surface area (Å²) in [5.41, 5.74) is 5.41. The van der Waals surface area contributed by atoms with Crippen LogP contribution < -0.4 is 5.73 Å². The van der Waals surface area contributed by atoms with E-state index >= 15 is 0 Å². The molecule has 0 aromatic rings. The van der Waals surface area contributed by atoms with Gasteiger partial charge in [-0.2, -0.15) is 5.26 Å². The van der Waals surface area contributed by atoms with Crippen molar-refractivity contribution in [1.29, 1.82) is 5.26 Å². The topological polar surface area (TPSA) is 66.9 Å². The predicted octanol–water partition coefficient (Wildman–Crippen LogP) is 0.452. The van der Waals surface area contributed by atoms with Gasteiger partial charge >= 0.3 is 0 Å². The minimum absolute atomic E-state index is 0.104. The lowest BCUT2D eigenvalue weighted by atomic mass is 9.97. The van der Waals surface area contributed by atoms with Crippen LogP contribution in [0.2, 0.25) is 0 Å². The third-order valence-corrected chi connectivity index (χ3v) is 1.67. The molecule has 0 aliphatic heterocycles. The second-order valence-corrected chi connectivity index (χ2v) is 2.39. The van der Waals surface area contributed by atoms with E-state index in [1.54, 1.807) is 0 Å². The molecule has 0 rings (SSSR count). The maximum absolute atomic E-state index is 10.6. The van der Waals surface area contributed by atoms with Gasteiger partial charge in [0, 0.05) is 0 Å². The largest absolute Gasteiger partial charge is 0.320 e. The number of hydrogen-bond acceptors (Lipinski definition) is 3. The second-order valence-electron chi connectivity index (χ2n) is 2.39. The third kappa shape index (κ3) is 2.16. The first-order chi connectivity index (χ1) is 4.63. The molecule has 3 heteroatoms. The smallest absolute Gasteiger partial charge is 0.248 e. The fourth-order valence-corrected chi connectivity index (χ4v) is 0.587. The number of Topliss-reactive ketones (excluding diaryl/α,β-unsaturated/α-hetero) is 1. The van der Waals surface area contributed by atoms with Gasteiger partial charge in [0.2, 0.25) is 5.78 Å². The highest BCUT2D eigenvalue weighted by molar-refractivity contribution is 5.97. The lowest BCUT2D eigenvalue weighted by Crippen LogP contribution is -2.35. The Kier molecular flexibility index (Phi) is 3.67. The Morgan fingerprint density at radius 3 is 2.60 bits per heavy atom. The number of ketones is 1. The van der Waals surface area contributed by atoms with Gasteiger partial charge in [-0.25, -0.2) is 0 Å². The molecule has 0 radical (unpaired) electrons. The molecule has 2 N–H and O–H groups in total. The molecule has 0 saturated carbocycles. The summed E-state index contributed by atoms with van der Waals surface area (Å²) in [6.45, 7) is 3.80. The van der Waals surface area contributed by atoms with E-state index in [9.17, 15) is 4.79 Å². The fraction of sp³-hybridized carbons (Fsp3) is 0.714. The van der Waals surface area contributed by atoms with Gasteiger partial charge in [-0.05, 0) is 5.92 Å². The second kappa shape index (κ2) is 4.02. The Balaban J connectivity index is 3.97. The molecule has 3 nitrogen and oxygen atoms in total. The SMILES string of the molecule is CC[C@H](C)[C@H](N)C(=O)C#N. The molecule has 56 valence electrons. The van der Waals surface area contributed by atoms with Crippen molar-refractivity contribution in [2.24, 2.45) is 11.7 Å². The zero-order valence-electron chi connectivity index (χ0n) is 6.29. The number of nitriles is 1. The van der Waals surface area contributed by atoms with Crippen LogP contribution in [0.15, 0.2) is 0 Å². The number of carbonyl (C=O) groups is 1. The Labute approximate surface area is 60.8 Å². The Hall–Kier alpha value is -0.880. The summed E-state index contributed by atoms with van der Waals surface area (Å²) in [5, 5.41) is 8.17. The first-order valence-electron chi connectivity index (χ1n) is 3.33. The molecular formula is C7H12N2O. The Bertz CT molecular complexity index is 159. The molecule has 0 aromatic carbocycles. The van der Waals surface area contributed by atoms with Crippen LogP contribution in [0.4, 0.5) is 0 Å². The predicted molar refractivity (Wildman–Crippen MR) is 38.1 cm³/mol. The first-order valence-corrected chi connectivity index (χ1v) is 3.33. The van der Waals surface area contributed by atoms with Crippen LogP contribution in [0, 0.1) is 17.2 Å². The summed E-state index contributed by atoms with van der Waals surface area (Å²) >= 11 is 0. The molecule has 0 heterocycles. The average Bonchev–Trinajstić information content (AvgIpc) is 2.00. The van der Waals surface area contributed by atoms with Crippen molar-refractivity contribution in [3.05, 3.63) is 0 Å². The van der Waals surface area contributed by atoms with E-state index in [0.29, 0.717) is 0 Å². The third-order valence-electron chi connectivity index (χ3n) is 1.67. The van der Waals surface area contributed by atoms with Crippen molar-refractivity contribution < 1.29 is 4.79 Å². The Morgan fingerprint density at radius 1 is 1.80 bits per heavy atom. The van der Waals surface area contributed by atoms with Gasteiger partial charge in [0.15, 0.2) is 0 Å². The summed E-state index contributed by atoms with van der Waals surface area (Å²) in [7, 11) is 0. The summed E-state index contributed by atoms with van der Waals surface area (Å²) in [4.78, 5) is 10.6. The maximum atomic E-state index is 10.6. The average molecular weight is 140 g/mol. The molecular weight excluding hydrogens is 128 g/mol. The van der Waals surface area contributed by atoms with Gasteiger partial charge < -0.3 is 5.73 Å². The van der Waals surface area contributed by atoms with Crippen LogP contribution in [0.5, 0.6) is 0 Å². The zero-order valence-corrected chi connectivity index (χ0v) is 6.29. The van der Waals surface area contributed by atoms with Crippen molar-refractivity contribution in [3.8, 4) is 6.07 Å². The van der Waals surface area contributed by atoms with Crippen molar-refractivity contribution in [2.45, 2.75) is 26.3 Å². The van der Waals surface area contributed by atoms with E-state index in [-0.39, 0.29) is 5.92 Å². The van der Waals surface area contributed by atoms with Crippen LogP contribution in [0.25, 0.3) is 0 Å². The van der Waals surface area contributed by atoms with Crippen LogP contribution >= 0.6 is 0 Å². The van der Waals surface area contributed by atoms with Crippen molar-refractivity contribution in [2.75, 3.05) is 0 Å². The van der Waals surface area contributed by atoms with E-state index in [4.69, 9.17) is 11.0 Å². The van der Waals surface area contributed by atoms with Crippen molar-refractivity contribution in [1.82, 2.24) is 0 Å². The van der Waals surface area contributed by atoms with Crippen molar-refractivity contribution in [3.63, 3.8) is 0 Å². The van der Waals surface area contributed by atoms with Crippen LogP contribution in [-0.4, -0.2) is 11.8 Å². The maximum Gasteiger partial charge on any atom is 0.248 e. The number of hydrogen-bond donors (Lipinski definition) is 1. The monoisotopic (exact) mass is 140 g/mol. The Morgan fingerprint density at radius 2 is 2.30 bits per heavy atom. The van der Waals surface area contributed by atoms with Gasteiger partial charge in [0.1, 0.15) is 6.07 Å². The van der Waals surface area contributed by atoms with E-state index < -0.39 is 11.8 Å². The highest BCUT2D eigenvalue weighted by Crippen LogP contribution is 2.04. The van der Waals surface area contributed by atoms with E-state index in [1.165, 1.54) is 6.07 Å². The molecule has 0 bridgehead atoms. The van der Waals surface area contributed by atoms with Crippen LogP contribution in [-0.2, 0) is 4.79 Å². The number of nitrogens with zero attached hydrogens (tertiary/aromatic N) is 1. The van der Waals surface area contributed by atoms with Gasteiger partial charge in [0.05, 0.1) is 6.04 Å². The molecule has 0 spiro atoms. The quantitative estimate of drug-likeness (QED) is 0.579. The molecule has 0 aromatic heterocycles. The van der Waals surface area contributed by atoms with Gasteiger partial charge in [-0.3, -0.25) is 4.79 Å². The van der Waals surface area contributed by atoms with Gasteiger partial charge in [0.25, 0.3) is 0 Å². The summed E-state index contributed by atoms with van der Waals surface area (Å²) in [6.07, 6.45) is 0.828. The number of carbonyl (C=O) groups excluding carboxylic acids is 1. The van der Waals surface area contributed by atoms with Crippen LogP contribution in [0.3, 0.4) is 0 Å². The fourth-order valence-electron chi connectivity index (χ4n) is 0.587. The van der Waals surface area contributed by atoms with Gasteiger partial charge in [-0.15, -0.1) is 0 Å². The molecule has 0 unspecified atom stereocenters. The molecule has 0 aliphatic rings. The van der Waals surface area contributed by atoms with Crippen molar-refractivity contribution >= 4 is 5.78 Å². The molecule has 0 aliphatic carbocycles. The van der Waals surface area contributed by atoms with Gasteiger partial charge in [-0.1, -0.05) is 20.3 Å². The standard InChI is InChI=1S/C7H12N2O/c1-3-5(2)7(9)6(10)4-8/h5,7H,3,9H2,1-2H3/t5-,7-/m0/s1. The number of nitrogens with two attached hydrogens (primary N) is 1. The normalized spacial score (nSPS) is 15.4. The summed E-state index contributed by atoms with van der Waals surface area (Å²) in [5.74, 6) is -0.415. The lowest BCUT2D eigenvalue weighted by molar-refractivity contribution is -0.116. The van der Waals surface area contributed by atoms with E-state index in [2.05, 4.69) is 0 Å². The molecule has 0 amide bonds. The summed E-state index contributed by atoms with van der Waals surface area (Å²) < 4.78 is 0. The highest BCUT2D eigenvalue weighted by atomic mass is 16.1. The number of rotatable bonds is 3. The first kappa shape index (κ1) is 9.12. The minimum atomic E-state index is -0.602. The molecule has 0 saturated heterocycles. The van der Waals surface area contributed by atoms with Crippen LogP contribution in [0.1, 0.15) is 20.3 Å². The molecule has 2 atom stereocenters. The molecule has 0 fully saturated rings. The highest BCUT2D eigenvalue weighted by Gasteiger charge is 2.18. The summed E-state index contributed by atoms with van der Waals surface area (Å²) in [6, 6.07) is 0.914. The van der Waals surface area contributed by atoms with E-state index in [1.807, 2.05) is 13.8 Å². The molecule has 10 heavy (non-hydrogen) atoms. The zero-order chi connectivity index (χ0) is 8.15. The lowest BCUT2D eigenvalue weighted by Gasteiger charge is -2.12. The minimum Gasteiger partial charge on any atom is -0.320 e.